The highest BCUT2D eigenvalue weighted by molar-refractivity contribution is 5.44. The molecule has 1 aliphatic rings. The van der Waals surface area contributed by atoms with Crippen molar-refractivity contribution in [1.82, 2.24) is 4.98 Å². The molecule has 2 rings (SSSR count). The van der Waals surface area contributed by atoms with E-state index >= 15 is 0 Å². The van der Waals surface area contributed by atoms with Gasteiger partial charge in [-0.2, -0.15) is 0 Å². The van der Waals surface area contributed by atoms with Crippen molar-refractivity contribution in [3.8, 4) is 0 Å². The number of hydrogen-bond acceptors (Lipinski definition) is 3. The van der Waals surface area contributed by atoms with Crippen molar-refractivity contribution in [2.75, 3.05) is 18.0 Å². The predicted octanol–water partition coefficient (Wildman–Crippen LogP) is 1.78. The summed E-state index contributed by atoms with van der Waals surface area (Å²) in [5.74, 6) is 0.799. The van der Waals surface area contributed by atoms with Gasteiger partial charge >= 0.3 is 0 Å². The molecule has 1 aromatic rings. The first-order chi connectivity index (χ1) is 7.29. The number of piperidine rings is 1. The van der Waals surface area contributed by atoms with Crippen LogP contribution >= 0.6 is 0 Å². The van der Waals surface area contributed by atoms with E-state index in [0.29, 0.717) is 6.54 Å². The fraction of sp³-hybridized carbons (Fsp3) is 0.583. The van der Waals surface area contributed by atoms with Crippen LogP contribution in [0.3, 0.4) is 0 Å². The van der Waals surface area contributed by atoms with E-state index in [2.05, 4.69) is 22.9 Å². The Morgan fingerprint density at radius 3 is 3.00 bits per heavy atom. The molecule has 2 heterocycles. The minimum Gasteiger partial charge on any atom is -0.370 e. The minimum atomic E-state index is 0.524. The molecule has 1 unspecified atom stereocenters. The van der Waals surface area contributed by atoms with E-state index in [0.717, 1.165) is 24.7 Å². The molecule has 82 valence electrons. The smallest absolute Gasteiger partial charge is 0.0553 e. The molecule has 3 heteroatoms. The largest absolute Gasteiger partial charge is 0.370 e. The maximum Gasteiger partial charge on any atom is 0.0553 e. The van der Waals surface area contributed by atoms with Gasteiger partial charge in [0.15, 0.2) is 0 Å². The van der Waals surface area contributed by atoms with Crippen LogP contribution in [0, 0.1) is 5.92 Å². The maximum absolute atomic E-state index is 5.52. The highest BCUT2D eigenvalue weighted by atomic mass is 15.1. The molecular weight excluding hydrogens is 186 g/mol. The van der Waals surface area contributed by atoms with Gasteiger partial charge in [0, 0.05) is 19.6 Å². The van der Waals surface area contributed by atoms with Gasteiger partial charge in [-0.15, -0.1) is 0 Å². The number of pyridine rings is 1. The average Bonchev–Trinajstić information content (AvgIpc) is 2.29. The summed E-state index contributed by atoms with van der Waals surface area (Å²) in [7, 11) is 0. The van der Waals surface area contributed by atoms with Crippen LogP contribution in [0.15, 0.2) is 18.3 Å². The molecule has 0 saturated carbocycles. The Kier molecular flexibility index (Phi) is 3.21. The third kappa shape index (κ3) is 2.48. The molecule has 2 N–H and O–H groups in total. The lowest BCUT2D eigenvalue weighted by atomic mass is 10.00. The standard InChI is InChI=1S/C12H19N3/c1-10-3-2-6-15(9-10)12-5-4-11(7-13)14-8-12/h4-5,8,10H,2-3,6-7,9,13H2,1H3. The van der Waals surface area contributed by atoms with Crippen LogP contribution in [0.4, 0.5) is 5.69 Å². The summed E-state index contributed by atoms with van der Waals surface area (Å²) in [6, 6.07) is 4.15. The Labute approximate surface area is 91.3 Å². The van der Waals surface area contributed by atoms with Gasteiger partial charge in [-0.3, -0.25) is 4.98 Å². The van der Waals surface area contributed by atoms with E-state index in [4.69, 9.17) is 5.73 Å². The van der Waals surface area contributed by atoms with Crippen LogP contribution in [-0.2, 0) is 6.54 Å². The molecule has 0 aromatic carbocycles. The first kappa shape index (κ1) is 10.4. The molecule has 0 radical (unpaired) electrons. The van der Waals surface area contributed by atoms with Gasteiger partial charge in [-0.05, 0) is 30.9 Å². The second-order valence-electron chi connectivity index (χ2n) is 4.41. The molecular formula is C12H19N3. The lowest BCUT2D eigenvalue weighted by Crippen LogP contribution is -2.34. The Hall–Kier alpha value is -1.09. The topological polar surface area (TPSA) is 42.1 Å². The van der Waals surface area contributed by atoms with Crippen LogP contribution in [0.1, 0.15) is 25.5 Å². The second-order valence-corrected chi connectivity index (χ2v) is 4.41. The minimum absolute atomic E-state index is 0.524. The van der Waals surface area contributed by atoms with Crippen LogP contribution in [-0.4, -0.2) is 18.1 Å². The molecule has 1 aliphatic heterocycles. The summed E-state index contributed by atoms with van der Waals surface area (Å²) < 4.78 is 0. The third-order valence-electron chi connectivity index (χ3n) is 3.04. The van der Waals surface area contributed by atoms with Crippen molar-refractivity contribution in [2.45, 2.75) is 26.3 Å². The lowest BCUT2D eigenvalue weighted by molar-refractivity contribution is 0.446. The van der Waals surface area contributed by atoms with Gasteiger partial charge in [0.25, 0.3) is 0 Å². The van der Waals surface area contributed by atoms with E-state index in [1.807, 2.05) is 12.3 Å². The number of rotatable bonds is 2. The van der Waals surface area contributed by atoms with Gasteiger partial charge < -0.3 is 10.6 Å². The SMILES string of the molecule is CC1CCCN(c2ccc(CN)nc2)C1. The molecule has 0 bridgehead atoms. The quantitative estimate of drug-likeness (QED) is 0.800. The summed E-state index contributed by atoms with van der Waals surface area (Å²) in [4.78, 5) is 6.75. The van der Waals surface area contributed by atoms with Crippen molar-refractivity contribution in [2.24, 2.45) is 11.7 Å². The summed E-state index contributed by atoms with van der Waals surface area (Å²) >= 11 is 0. The summed E-state index contributed by atoms with van der Waals surface area (Å²) in [5.41, 5.74) is 7.72. The van der Waals surface area contributed by atoms with Gasteiger partial charge in [0.1, 0.15) is 0 Å². The molecule has 1 saturated heterocycles. The zero-order valence-corrected chi connectivity index (χ0v) is 9.32. The molecule has 0 aliphatic carbocycles. The number of nitrogens with two attached hydrogens (primary N) is 1. The van der Waals surface area contributed by atoms with E-state index in [-0.39, 0.29) is 0 Å². The van der Waals surface area contributed by atoms with Crippen molar-refractivity contribution in [3.05, 3.63) is 24.0 Å². The number of aromatic nitrogens is 1. The Morgan fingerprint density at radius 2 is 2.40 bits per heavy atom. The zero-order valence-electron chi connectivity index (χ0n) is 9.32. The molecule has 3 nitrogen and oxygen atoms in total. The van der Waals surface area contributed by atoms with Gasteiger partial charge in [-0.25, -0.2) is 0 Å². The van der Waals surface area contributed by atoms with E-state index in [1.165, 1.54) is 18.5 Å². The first-order valence-corrected chi connectivity index (χ1v) is 5.69. The van der Waals surface area contributed by atoms with Crippen LogP contribution < -0.4 is 10.6 Å². The molecule has 1 fully saturated rings. The zero-order chi connectivity index (χ0) is 10.7. The van der Waals surface area contributed by atoms with Gasteiger partial charge in [0.05, 0.1) is 17.6 Å². The predicted molar refractivity (Wildman–Crippen MR) is 62.7 cm³/mol. The lowest BCUT2D eigenvalue weighted by Gasteiger charge is -2.32. The van der Waals surface area contributed by atoms with Gasteiger partial charge in [-0.1, -0.05) is 6.92 Å². The summed E-state index contributed by atoms with van der Waals surface area (Å²) in [6.07, 6.45) is 4.59. The van der Waals surface area contributed by atoms with Crippen LogP contribution in [0.5, 0.6) is 0 Å². The highest BCUT2D eigenvalue weighted by Crippen LogP contribution is 2.22. The third-order valence-corrected chi connectivity index (χ3v) is 3.04. The Bertz CT molecular complexity index is 307. The number of anilines is 1. The molecule has 0 amide bonds. The fourth-order valence-electron chi connectivity index (χ4n) is 2.15. The first-order valence-electron chi connectivity index (χ1n) is 5.69. The van der Waals surface area contributed by atoms with Crippen molar-refractivity contribution >= 4 is 5.69 Å². The van der Waals surface area contributed by atoms with Crippen molar-refractivity contribution in [3.63, 3.8) is 0 Å². The van der Waals surface area contributed by atoms with Crippen LogP contribution in [0.25, 0.3) is 0 Å². The number of nitrogens with zero attached hydrogens (tertiary/aromatic N) is 2. The highest BCUT2D eigenvalue weighted by Gasteiger charge is 2.16. The summed E-state index contributed by atoms with van der Waals surface area (Å²) in [6.45, 7) is 5.15. The Balaban J connectivity index is 2.07. The molecule has 15 heavy (non-hydrogen) atoms. The van der Waals surface area contributed by atoms with E-state index < -0.39 is 0 Å². The van der Waals surface area contributed by atoms with E-state index in [1.54, 1.807) is 0 Å². The van der Waals surface area contributed by atoms with Crippen molar-refractivity contribution < 1.29 is 0 Å². The second kappa shape index (κ2) is 4.62. The monoisotopic (exact) mass is 205 g/mol. The molecule has 1 atom stereocenters. The Morgan fingerprint density at radius 1 is 1.53 bits per heavy atom. The number of hydrogen-bond donors (Lipinski definition) is 1. The van der Waals surface area contributed by atoms with Gasteiger partial charge in [0.2, 0.25) is 0 Å². The van der Waals surface area contributed by atoms with Crippen molar-refractivity contribution in [1.29, 1.82) is 0 Å². The normalized spacial score (nSPS) is 21.7. The fourth-order valence-corrected chi connectivity index (χ4v) is 2.15. The maximum atomic E-state index is 5.52. The molecule has 0 spiro atoms. The molecule has 1 aromatic heterocycles. The average molecular weight is 205 g/mol. The van der Waals surface area contributed by atoms with Crippen LogP contribution in [0.2, 0.25) is 0 Å². The summed E-state index contributed by atoms with van der Waals surface area (Å²) in [5, 5.41) is 0. The van der Waals surface area contributed by atoms with E-state index in [9.17, 15) is 0 Å².